The zero-order valence-corrected chi connectivity index (χ0v) is 10.3. The van der Waals surface area contributed by atoms with Gasteiger partial charge >= 0.3 is 0 Å². The van der Waals surface area contributed by atoms with Crippen molar-refractivity contribution in [1.29, 1.82) is 0 Å². The van der Waals surface area contributed by atoms with Crippen molar-refractivity contribution in [3.05, 3.63) is 24.3 Å². The summed E-state index contributed by atoms with van der Waals surface area (Å²) in [6.07, 6.45) is 0. The first-order chi connectivity index (χ1) is 6.05. The minimum Gasteiger partial charge on any atom is -1.00 e. The standard InChI is InChI=1S/C9H10NO2S.CH4.BrH/c1-7-10(2)8-5-3-4-6-9(8)13(7,11)12;;/h3-6H,1-2H3;1H4;1H/q+1;;/p-1. The summed E-state index contributed by atoms with van der Waals surface area (Å²) in [5.74, 6) is 0. The van der Waals surface area contributed by atoms with Crippen molar-refractivity contribution in [1.82, 2.24) is 0 Å². The molecule has 0 bridgehead atoms. The zero-order chi connectivity index (χ0) is 9.64. The molecule has 0 saturated carbocycles. The molecule has 3 nitrogen and oxygen atoms in total. The number of hydrogen-bond donors (Lipinski definition) is 0. The van der Waals surface area contributed by atoms with Gasteiger partial charge in [0.25, 0.3) is 14.9 Å². The second kappa shape index (κ2) is 4.45. The maximum atomic E-state index is 11.7. The molecule has 1 aliphatic rings. The van der Waals surface area contributed by atoms with Crippen LogP contribution in [0.15, 0.2) is 29.2 Å². The van der Waals surface area contributed by atoms with E-state index in [0.29, 0.717) is 9.94 Å². The van der Waals surface area contributed by atoms with Crippen molar-refractivity contribution in [2.75, 3.05) is 7.05 Å². The summed E-state index contributed by atoms with van der Waals surface area (Å²) in [5.41, 5.74) is 0.764. The number of nitrogens with zero attached hydrogens (tertiary/aromatic N) is 1. The van der Waals surface area contributed by atoms with E-state index >= 15 is 0 Å². The fraction of sp³-hybridized carbons (Fsp3) is 0.300. The fourth-order valence-electron chi connectivity index (χ4n) is 1.47. The molecule has 0 aliphatic carbocycles. The minimum absolute atomic E-state index is 0. The van der Waals surface area contributed by atoms with Crippen molar-refractivity contribution in [2.24, 2.45) is 0 Å². The molecule has 0 atom stereocenters. The number of sulfone groups is 1. The van der Waals surface area contributed by atoms with E-state index in [2.05, 4.69) is 0 Å². The summed E-state index contributed by atoms with van der Waals surface area (Å²) in [6.45, 7) is 1.62. The molecule has 0 amide bonds. The Balaban J connectivity index is 0.000000980. The van der Waals surface area contributed by atoms with Crippen LogP contribution in [-0.4, -0.2) is 25.1 Å². The molecule has 0 aromatic heterocycles. The van der Waals surface area contributed by atoms with Gasteiger partial charge in [0.15, 0.2) is 0 Å². The molecule has 1 aromatic carbocycles. The lowest BCUT2D eigenvalue weighted by molar-refractivity contribution is -0.402. The molecule has 1 aliphatic heterocycles. The summed E-state index contributed by atoms with van der Waals surface area (Å²) < 4.78 is 25.1. The number of benzene rings is 1. The van der Waals surface area contributed by atoms with E-state index in [9.17, 15) is 8.42 Å². The first-order valence-electron chi connectivity index (χ1n) is 3.96. The molecule has 0 N–H and O–H groups in total. The Morgan fingerprint density at radius 2 is 1.73 bits per heavy atom. The topological polar surface area (TPSA) is 37.1 Å². The van der Waals surface area contributed by atoms with Crippen LogP contribution in [0.1, 0.15) is 14.4 Å². The van der Waals surface area contributed by atoms with Crippen molar-refractivity contribution >= 4 is 20.6 Å². The van der Waals surface area contributed by atoms with Crippen LogP contribution in [-0.2, 0) is 9.84 Å². The summed E-state index contributed by atoms with van der Waals surface area (Å²) in [7, 11) is -1.43. The Bertz CT molecular complexity index is 506. The zero-order valence-electron chi connectivity index (χ0n) is 7.86. The molecule has 1 aromatic rings. The maximum Gasteiger partial charge on any atom is 0.275 e. The second-order valence-electron chi connectivity index (χ2n) is 3.05. The van der Waals surface area contributed by atoms with Crippen LogP contribution in [0.5, 0.6) is 0 Å². The Labute approximate surface area is 101 Å². The molecular weight excluding hydrogens is 278 g/mol. The van der Waals surface area contributed by atoms with E-state index in [1.165, 1.54) is 0 Å². The van der Waals surface area contributed by atoms with Crippen molar-refractivity contribution < 1.29 is 30.0 Å². The van der Waals surface area contributed by atoms with Gasteiger partial charge in [-0.05, 0) is 6.07 Å². The third-order valence-corrected chi connectivity index (χ3v) is 4.35. The molecule has 0 saturated heterocycles. The smallest absolute Gasteiger partial charge is 0.275 e. The van der Waals surface area contributed by atoms with E-state index in [1.807, 2.05) is 12.1 Å². The summed E-state index contributed by atoms with van der Waals surface area (Å²) in [4.78, 5) is 0.412. The predicted octanol–water partition coefficient (Wildman–Crippen LogP) is -1.19. The van der Waals surface area contributed by atoms with Crippen LogP contribution in [0.3, 0.4) is 0 Å². The van der Waals surface area contributed by atoms with Crippen molar-refractivity contribution in [2.45, 2.75) is 19.2 Å². The van der Waals surface area contributed by atoms with Crippen LogP contribution in [0.25, 0.3) is 0 Å². The third kappa shape index (κ3) is 1.86. The van der Waals surface area contributed by atoms with Gasteiger partial charge in [-0.3, -0.25) is 0 Å². The molecule has 2 rings (SSSR count). The molecule has 5 heteroatoms. The fourth-order valence-corrected chi connectivity index (χ4v) is 2.99. The van der Waals surface area contributed by atoms with Crippen LogP contribution in [0.4, 0.5) is 5.69 Å². The van der Waals surface area contributed by atoms with Crippen LogP contribution in [0, 0.1) is 0 Å². The van der Waals surface area contributed by atoms with Crippen LogP contribution < -0.4 is 17.0 Å². The number of para-hydroxylation sites is 1. The third-order valence-electron chi connectivity index (χ3n) is 2.38. The number of halogens is 1. The average molecular weight is 292 g/mol. The van der Waals surface area contributed by atoms with Gasteiger partial charge in [-0.15, -0.1) is 0 Å². The number of fused-ring (bicyclic) bond motifs is 1. The van der Waals surface area contributed by atoms with E-state index in [0.717, 1.165) is 5.69 Å². The SMILES string of the molecule is C.CC1=[N+](C)c2ccccc2S1(=O)=O.[Br-]. The molecule has 84 valence electrons. The predicted molar refractivity (Wildman–Crippen MR) is 56.9 cm³/mol. The van der Waals surface area contributed by atoms with Crippen molar-refractivity contribution in [3.8, 4) is 0 Å². The van der Waals surface area contributed by atoms with Gasteiger partial charge in [-0.1, -0.05) is 19.6 Å². The quantitative estimate of drug-likeness (QED) is 0.564. The normalized spacial score (nSPS) is 16.4. The van der Waals surface area contributed by atoms with Gasteiger partial charge in [0, 0.05) is 13.0 Å². The van der Waals surface area contributed by atoms with Gasteiger partial charge in [0.05, 0.1) is 0 Å². The number of rotatable bonds is 0. The molecular formula is C10H14BrNO2S. The van der Waals surface area contributed by atoms with Gasteiger partial charge in [0.2, 0.25) is 5.69 Å². The molecule has 0 fully saturated rings. The minimum atomic E-state index is -3.19. The first kappa shape index (κ1) is 14.3. The highest BCUT2D eigenvalue weighted by Crippen LogP contribution is 2.30. The lowest BCUT2D eigenvalue weighted by Crippen LogP contribution is -3.00. The highest BCUT2D eigenvalue weighted by molar-refractivity contribution is 8.06. The van der Waals surface area contributed by atoms with Crippen LogP contribution >= 0.6 is 0 Å². The molecule has 0 unspecified atom stereocenters. The Kier molecular flexibility index (Phi) is 4.25. The second-order valence-corrected chi connectivity index (χ2v) is 5.09. The molecule has 1 heterocycles. The van der Waals surface area contributed by atoms with E-state index < -0.39 is 9.84 Å². The summed E-state index contributed by atoms with van der Waals surface area (Å²) >= 11 is 0. The molecule has 0 spiro atoms. The first-order valence-corrected chi connectivity index (χ1v) is 5.45. The summed E-state index contributed by atoms with van der Waals surface area (Å²) in [5, 5.41) is 0.397. The Hall–Kier alpha value is -0.680. The monoisotopic (exact) mass is 291 g/mol. The lowest BCUT2D eigenvalue weighted by Gasteiger charge is -1.90. The maximum absolute atomic E-state index is 11.7. The van der Waals surface area contributed by atoms with Gasteiger partial charge in [-0.25, -0.2) is 8.42 Å². The van der Waals surface area contributed by atoms with Crippen LogP contribution in [0.2, 0.25) is 0 Å². The van der Waals surface area contributed by atoms with E-state index in [-0.39, 0.29) is 24.4 Å². The molecule has 15 heavy (non-hydrogen) atoms. The average Bonchev–Trinajstić information content (AvgIpc) is 2.30. The highest BCUT2D eigenvalue weighted by atomic mass is 79.9. The van der Waals surface area contributed by atoms with E-state index in [1.54, 1.807) is 30.7 Å². The molecule has 0 radical (unpaired) electrons. The van der Waals surface area contributed by atoms with Gasteiger partial charge < -0.3 is 17.0 Å². The van der Waals surface area contributed by atoms with E-state index in [4.69, 9.17) is 0 Å². The van der Waals surface area contributed by atoms with Gasteiger partial charge in [0.1, 0.15) is 11.9 Å². The Morgan fingerprint density at radius 3 is 2.27 bits per heavy atom. The van der Waals surface area contributed by atoms with Crippen molar-refractivity contribution in [3.63, 3.8) is 0 Å². The largest absolute Gasteiger partial charge is 1.00 e. The summed E-state index contributed by atoms with van der Waals surface area (Å²) in [6, 6.07) is 7.02. The Morgan fingerprint density at radius 1 is 1.20 bits per heavy atom. The number of hydrogen-bond acceptors (Lipinski definition) is 2. The lowest BCUT2D eigenvalue weighted by atomic mass is 10.3. The van der Waals surface area contributed by atoms with Gasteiger partial charge in [-0.2, -0.15) is 4.58 Å². The highest BCUT2D eigenvalue weighted by Gasteiger charge is 2.38.